The molecular weight excluding hydrogens is 196 g/mol. The minimum Gasteiger partial charge on any atom is -0.464 e. The second-order valence-corrected chi connectivity index (χ2v) is 3.70. The van der Waals surface area contributed by atoms with E-state index < -0.39 is 0 Å². The van der Waals surface area contributed by atoms with E-state index in [1.165, 1.54) is 5.39 Å². The third kappa shape index (κ3) is 1.03. The van der Waals surface area contributed by atoms with Crippen molar-refractivity contribution in [1.29, 1.82) is 0 Å². The molecule has 3 rings (SSSR count). The van der Waals surface area contributed by atoms with Crippen LogP contribution in [0.3, 0.4) is 0 Å². The number of hydrogen-bond acceptors (Lipinski definition) is 1. The second-order valence-electron chi connectivity index (χ2n) is 3.26. The van der Waals surface area contributed by atoms with Gasteiger partial charge in [0, 0.05) is 10.4 Å². The largest absolute Gasteiger partial charge is 0.464 e. The number of halogens is 1. The van der Waals surface area contributed by atoms with Crippen LogP contribution in [0.2, 0.25) is 5.02 Å². The lowest BCUT2D eigenvalue weighted by atomic mass is 10.1. The topological polar surface area (TPSA) is 13.1 Å². The van der Waals surface area contributed by atoms with Crippen molar-refractivity contribution in [2.75, 3.05) is 0 Å². The summed E-state index contributed by atoms with van der Waals surface area (Å²) in [5, 5.41) is 4.23. The number of benzene rings is 2. The van der Waals surface area contributed by atoms with Gasteiger partial charge in [0.1, 0.15) is 5.58 Å². The Morgan fingerprint density at radius 2 is 1.86 bits per heavy atom. The predicted molar refractivity (Wildman–Crippen MR) is 58.7 cm³/mol. The van der Waals surface area contributed by atoms with E-state index in [4.69, 9.17) is 16.0 Å². The smallest absolute Gasteiger partial charge is 0.134 e. The van der Waals surface area contributed by atoms with Crippen molar-refractivity contribution >= 4 is 33.3 Å². The number of hydrogen-bond donors (Lipinski definition) is 0. The molecule has 14 heavy (non-hydrogen) atoms. The van der Waals surface area contributed by atoms with Crippen molar-refractivity contribution in [3.8, 4) is 0 Å². The van der Waals surface area contributed by atoms with Gasteiger partial charge in [0.25, 0.3) is 0 Å². The maximum absolute atomic E-state index is 5.92. The maximum Gasteiger partial charge on any atom is 0.134 e. The van der Waals surface area contributed by atoms with Crippen molar-refractivity contribution in [3.05, 3.63) is 47.7 Å². The Morgan fingerprint density at radius 1 is 0.929 bits per heavy atom. The Kier molecular flexibility index (Phi) is 1.55. The van der Waals surface area contributed by atoms with Gasteiger partial charge in [0.2, 0.25) is 0 Å². The summed E-state index contributed by atoms with van der Waals surface area (Å²) in [6.45, 7) is 0. The van der Waals surface area contributed by atoms with Gasteiger partial charge in [-0.3, -0.25) is 0 Å². The van der Waals surface area contributed by atoms with Gasteiger partial charge in [-0.2, -0.15) is 0 Å². The fourth-order valence-corrected chi connectivity index (χ4v) is 1.94. The van der Waals surface area contributed by atoms with Gasteiger partial charge in [-0.25, -0.2) is 0 Å². The lowest BCUT2D eigenvalue weighted by Crippen LogP contribution is -1.73. The van der Waals surface area contributed by atoms with Crippen LogP contribution in [0.15, 0.2) is 47.1 Å². The normalized spacial score (nSPS) is 11.2. The Balaban J connectivity index is 2.57. The van der Waals surface area contributed by atoms with E-state index in [0.717, 1.165) is 21.4 Å². The summed E-state index contributed by atoms with van der Waals surface area (Å²) in [5.74, 6) is 0. The first kappa shape index (κ1) is 7.89. The molecule has 0 aliphatic rings. The molecule has 0 saturated carbocycles. The molecule has 0 fully saturated rings. The highest BCUT2D eigenvalue weighted by atomic mass is 35.5. The van der Waals surface area contributed by atoms with Crippen LogP contribution in [0.1, 0.15) is 0 Å². The number of fused-ring (bicyclic) bond motifs is 3. The minimum absolute atomic E-state index is 0.764. The summed E-state index contributed by atoms with van der Waals surface area (Å²) in [7, 11) is 0. The maximum atomic E-state index is 5.92. The SMILES string of the molecule is Clc1ccc2c(ccc3occc32)c1. The highest BCUT2D eigenvalue weighted by Crippen LogP contribution is 2.27. The van der Waals surface area contributed by atoms with Crippen LogP contribution >= 0.6 is 11.6 Å². The Bertz CT molecular complexity index is 610. The molecule has 2 heteroatoms. The molecule has 1 aromatic heterocycles. The van der Waals surface area contributed by atoms with Crippen molar-refractivity contribution in [3.63, 3.8) is 0 Å². The molecule has 1 nitrogen and oxygen atoms in total. The van der Waals surface area contributed by atoms with Crippen LogP contribution in [0, 0.1) is 0 Å². The molecule has 0 aliphatic heterocycles. The first-order valence-electron chi connectivity index (χ1n) is 4.40. The molecule has 1 heterocycles. The Hall–Kier alpha value is -1.47. The van der Waals surface area contributed by atoms with E-state index in [0.29, 0.717) is 0 Å². The van der Waals surface area contributed by atoms with Crippen LogP contribution in [-0.2, 0) is 0 Å². The van der Waals surface area contributed by atoms with E-state index in [1.807, 2.05) is 36.4 Å². The summed E-state index contributed by atoms with van der Waals surface area (Å²) in [6, 6.07) is 11.8. The highest BCUT2D eigenvalue weighted by Gasteiger charge is 2.02. The predicted octanol–water partition coefficient (Wildman–Crippen LogP) is 4.24. The van der Waals surface area contributed by atoms with Gasteiger partial charge in [-0.05, 0) is 35.0 Å². The van der Waals surface area contributed by atoms with E-state index in [2.05, 4.69) is 0 Å². The first-order chi connectivity index (χ1) is 6.84. The van der Waals surface area contributed by atoms with E-state index in [1.54, 1.807) is 6.26 Å². The first-order valence-corrected chi connectivity index (χ1v) is 4.78. The van der Waals surface area contributed by atoms with Gasteiger partial charge < -0.3 is 4.42 Å². The molecule has 0 bridgehead atoms. The molecule has 0 N–H and O–H groups in total. The van der Waals surface area contributed by atoms with Crippen LogP contribution < -0.4 is 0 Å². The van der Waals surface area contributed by atoms with Crippen LogP contribution in [-0.4, -0.2) is 0 Å². The summed E-state index contributed by atoms with van der Waals surface area (Å²) in [5.41, 5.74) is 0.917. The molecule has 0 radical (unpaired) electrons. The van der Waals surface area contributed by atoms with E-state index in [-0.39, 0.29) is 0 Å². The molecule has 0 amide bonds. The monoisotopic (exact) mass is 202 g/mol. The number of rotatable bonds is 0. The molecule has 0 saturated heterocycles. The lowest BCUT2D eigenvalue weighted by Gasteiger charge is -1.98. The van der Waals surface area contributed by atoms with Gasteiger partial charge in [0.15, 0.2) is 0 Å². The Morgan fingerprint density at radius 3 is 2.79 bits per heavy atom. The summed E-state index contributed by atoms with van der Waals surface area (Å²) < 4.78 is 5.32. The van der Waals surface area contributed by atoms with Crippen molar-refractivity contribution in [2.24, 2.45) is 0 Å². The molecular formula is C12H7ClO. The van der Waals surface area contributed by atoms with E-state index in [9.17, 15) is 0 Å². The fraction of sp³-hybridized carbons (Fsp3) is 0. The van der Waals surface area contributed by atoms with Gasteiger partial charge in [0.05, 0.1) is 6.26 Å². The standard InChI is InChI=1S/C12H7ClO/c13-9-2-3-10-8(7-9)1-4-12-11(10)5-6-14-12/h1-7H. The average Bonchev–Trinajstić information content (AvgIpc) is 2.65. The zero-order chi connectivity index (χ0) is 9.54. The Labute approximate surface area is 85.9 Å². The van der Waals surface area contributed by atoms with Crippen molar-refractivity contribution in [2.45, 2.75) is 0 Å². The molecule has 68 valence electrons. The van der Waals surface area contributed by atoms with Gasteiger partial charge in [-0.1, -0.05) is 23.7 Å². The lowest BCUT2D eigenvalue weighted by molar-refractivity contribution is 0.616. The van der Waals surface area contributed by atoms with E-state index >= 15 is 0 Å². The summed E-state index contributed by atoms with van der Waals surface area (Å²) in [6.07, 6.45) is 1.71. The third-order valence-electron chi connectivity index (χ3n) is 2.41. The fourth-order valence-electron chi connectivity index (χ4n) is 1.75. The average molecular weight is 203 g/mol. The van der Waals surface area contributed by atoms with Crippen LogP contribution in [0.4, 0.5) is 0 Å². The highest BCUT2D eigenvalue weighted by molar-refractivity contribution is 6.31. The van der Waals surface area contributed by atoms with Crippen molar-refractivity contribution in [1.82, 2.24) is 0 Å². The zero-order valence-electron chi connectivity index (χ0n) is 7.33. The summed E-state index contributed by atoms with van der Waals surface area (Å²) >= 11 is 5.92. The minimum atomic E-state index is 0.764. The second kappa shape index (κ2) is 2.76. The molecule has 0 atom stereocenters. The zero-order valence-corrected chi connectivity index (χ0v) is 8.08. The summed E-state index contributed by atoms with van der Waals surface area (Å²) in [4.78, 5) is 0. The van der Waals surface area contributed by atoms with Crippen LogP contribution in [0.25, 0.3) is 21.7 Å². The molecule has 0 spiro atoms. The van der Waals surface area contributed by atoms with Crippen LogP contribution in [0.5, 0.6) is 0 Å². The molecule has 2 aromatic carbocycles. The molecule has 0 aliphatic carbocycles. The molecule has 0 unspecified atom stereocenters. The third-order valence-corrected chi connectivity index (χ3v) is 2.65. The molecule has 3 aromatic rings. The van der Waals surface area contributed by atoms with Crippen molar-refractivity contribution < 1.29 is 4.42 Å². The van der Waals surface area contributed by atoms with Gasteiger partial charge >= 0.3 is 0 Å². The number of furan rings is 1. The quantitative estimate of drug-likeness (QED) is 0.532. The van der Waals surface area contributed by atoms with Gasteiger partial charge in [-0.15, -0.1) is 0 Å².